The third-order valence-electron chi connectivity index (χ3n) is 4.46. The molecular weight excluding hydrogens is 465 g/mol. The standard InChI is InChI=1S/C22H31N3O2.HI/c1-5-23-22(24-14-17(3)18-11-9-16(2)10-12-18)25-15-21(26)19-7-6-8-20(13-19)27-4;/h6-13,17,21,26H,5,14-15H2,1-4H3,(H2,23,24,25);1H. The predicted octanol–water partition coefficient (Wildman–Crippen LogP) is 4.01. The predicted molar refractivity (Wildman–Crippen MR) is 127 cm³/mol. The molecule has 0 saturated carbocycles. The highest BCUT2D eigenvalue weighted by Gasteiger charge is 2.10. The van der Waals surface area contributed by atoms with Gasteiger partial charge in [-0.1, -0.05) is 48.9 Å². The van der Waals surface area contributed by atoms with Crippen LogP contribution in [0.15, 0.2) is 53.5 Å². The molecule has 0 aromatic heterocycles. The molecule has 2 atom stereocenters. The van der Waals surface area contributed by atoms with Crippen LogP contribution < -0.4 is 15.4 Å². The van der Waals surface area contributed by atoms with E-state index in [1.54, 1.807) is 7.11 Å². The van der Waals surface area contributed by atoms with Crippen LogP contribution >= 0.6 is 24.0 Å². The number of halogens is 1. The number of aliphatic hydroxyl groups excluding tert-OH is 1. The molecule has 0 heterocycles. The number of hydrogen-bond donors (Lipinski definition) is 3. The molecule has 2 rings (SSSR count). The third kappa shape index (κ3) is 7.67. The Morgan fingerprint density at radius 3 is 2.46 bits per heavy atom. The molecule has 154 valence electrons. The van der Waals surface area contributed by atoms with E-state index in [2.05, 4.69) is 53.7 Å². The van der Waals surface area contributed by atoms with Gasteiger partial charge in [-0.15, -0.1) is 24.0 Å². The van der Waals surface area contributed by atoms with Crippen molar-refractivity contribution in [1.82, 2.24) is 10.6 Å². The molecule has 2 aromatic rings. The van der Waals surface area contributed by atoms with Gasteiger partial charge in [0.25, 0.3) is 0 Å². The number of aliphatic hydroxyl groups is 1. The molecule has 0 amide bonds. The van der Waals surface area contributed by atoms with Crippen molar-refractivity contribution in [3.05, 3.63) is 65.2 Å². The van der Waals surface area contributed by atoms with Gasteiger partial charge in [-0.3, -0.25) is 4.99 Å². The summed E-state index contributed by atoms with van der Waals surface area (Å²) in [7, 11) is 1.62. The summed E-state index contributed by atoms with van der Waals surface area (Å²) in [6, 6.07) is 16.0. The maximum Gasteiger partial charge on any atom is 0.191 e. The molecule has 2 unspecified atom stereocenters. The van der Waals surface area contributed by atoms with Crippen LogP contribution in [0.2, 0.25) is 0 Å². The largest absolute Gasteiger partial charge is 0.497 e. The molecule has 0 fully saturated rings. The second-order valence-corrected chi connectivity index (χ2v) is 6.70. The number of nitrogens with zero attached hydrogens (tertiary/aromatic N) is 1. The van der Waals surface area contributed by atoms with E-state index in [1.807, 2.05) is 31.2 Å². The normalized spacial score (nSPS) is 13.2. The molecular formula is C22H32IN3O2. The van der Waals surface area contributed by atoms with Gasteiger partial charge < -0.3 is 20.5 Å². The summed E-state index contributed by atoms with van der Waals surface area (Å²) in [5.41, 5.74) is 3.35. The number of hydrogen-bond acceptors (Lipinski definition) is 3. The van der Waals surface area contributed by atoms with Crippen molar-refractivity contribution in [2.24, 2.45) is 4.99 Å². The van der Waals surface area contributed by atoms with E-state index in [0.717, 1.165) is 17.9 Å². The van der Waals surface area contributed by atoms with Gasteiger partial charge in [0.05, 0.1) is 13.2 Å². The minimum Gasteiger partial charge on any atom is -0.497 e. The van der Waals surface area contributed by atoms with Crippen molar-refractivity contribution >= 4 is 29.9 Å². The second kappa shape index (κ2) is 12.6. The molecule has 0 spiro atoms. The lowest BCUT2D eigenvalue weighted by Gasteiger charge is -2.17. The van der Waals surface area contributed by atoms with Crippen molar-refractivity contribution in [2.75, 3.05) is 26.7 Å². The monoisotopic (exact) mass is 497 g/mol. The van der Waals surface area contributed by atoms with E-state index in [4.69, 9.17) is 4.74 Å². The first kappa shape index (κ1) is 24.2. The number of nitrogens with one attached hydrogen (secondary N) is 2. The maximum atomic E-state index is 10.4. The van der Waals surface area contributed by atoms with Gasteiger partial charge in [0.15, 0.2) is 5.96 Å². The number of rotatable bonds is 8. The molecule has 0 aliphatic heterocycles. The van der Waals surface area contributed by atoms with Crippen LogP contribution in [-0.4, -0.2) is 37.8 Å². The highest BCUT2D eigenvalue weighted by atomic mass is 127. The lowest BCUT2D eigenvalue weighted by Crippen LogP contribution is -2.39. The Labute approximate surface area is 185 Å². The van der Waals surface area contributed by atoms with E-state index in [-0.39, 0.29) is 24.0 Å². The highest BCUT2D eigenvalue weighted by molar-refractivity contribution is 14.0. The van der Waals surface area contributed by atoms with E-state index in [0.29, 0.717) is 25.0 Å². The fraction of sp³-hybridized carbons (Fsp3) is 0.409. The van der Waals surface area contributed by atoms with Crippen LogP contribution in [0.1, 0.15) is 42.6 Å². The van der Waals surface area contributed by atoms with Crippen LogP contribution in [0.5, 0.6) is 5.75 Å². The van der Waals surface area contributed by atoms with E-state index in [1.165, 1.54) is 11.1 Å². The molecule has 3 N–H and O–H groups in total. The van der Waals surface area contributed by atoms with Crippen molar-refractivity contribution in [2.45, 2.75) is 32.8 Å². The average molecular weight is 497 g/mol. The topological polar surface area (TPSA) is 65.9 Å². The lowest BCUT2D eigenvalue weighted by atomic mass is 10.0. The molecule has 6 heteroatoms. The van der Waals surface area contributed by atoms with Crippen molar-refractivity contribution in [3.63, 3.8) is 0 Å². The smallest absolute Gasteiger partial charge is 0.191 e. The molecule has 0 aliphatic rings. The number of aliphatic imine (C=N–C) groups is 1. The van der Waals surface area contributed by atoms with Crippen molar-refractivity contribution in [3.8, 4) is 5.75 Å². The molecule has 0 aliphatic carbocycles. The Kier molecular flexibility index (Phi) is 10.9. The minimum absolute atomic E-state index is 0. The second-order valence-electron chi connectivity index (χ2n) is 6.70. The third-order valence-corrected chi connectivity index (χ3v) is 4.46. The van der Waals surface area contributed by atoms with Gasteiger partial charge >= 0.3 is 0 Å². The van der Waals surface area contributed by atoms with E-state index < -0.39 is 6.10 Å². The fourth-order valence-electron chi connectivity index (χ4n) is 2.73. The van der Waals surface area contributed by atoms with Gasteiger partial charge in [0, 0.05) is 25.6 Å². The zero-order valence-electron chi connectivity index (χ0n) is 17.1. The summed E-state index contributed by atoms with van der Waals surface area (Å²) in [6.45, 7) is 8.10. The highest BCUT2D eigenvalue weighted by Crippen LogP contribution is 2.19. The molecule has 0 bridgehead atoms. The zero-order valence-corrected chi connectivity index (χ0v) is 19.4. The van der Waals surface area contributed by atoms with Crippen LogP contribution in [-0.2, 0) is 0 Å². The molecule has 28 heavy (non-hydrogen) atoms. The Hall–Kier alpha value is -1.80. The summed E-state index contributed by atoms with van der Waals surface area (Å²) in [4.78, 5) is 4.67. The maximum absolute atomic E-state index is 10.4. The van der Waals surface area contributed by atoms with Gasteiger partial charge in [-0.25, -0.2) is 0 Å². The Bertz CT molecular complexity index is 735. The van der Waals surface area contributed by atoms with Crippen LogP contribution in [0.25, 0.3) is 0 Å². The Balaban J connectivity index is 0.00000392. The first-order valence-corrected chi connectivity index (χ1v) is 9.44. The number of guanidine groups is 1. The molecule has 0 saturated heterocycles. The first-order valence-electron chi connectivity index (χ1n) is 9.44. The van der Waals surface area contributed by atoms with Gasteiger partial charge in [-0.05, 0) is 37.1 Å². The first-order chi connectivity index (χ1) is 13.0. The van der Waals surface area contributed by atoms with Gasteiger partial charge in [0.2, 0.25) is 0 Å². The summed E-state index contributed by atoms with van der Waals surface area (Å²) in [6.07, 6.45) is -0.640. The Morgan fingerprint density at radius 2 is 1.82 bits per heavy atom. The molecule has 2 aromatic carbocycles. The summed E-state index contributed by atoms with van der Waals surface area (Å²) in [5.74, 6) is 1.77. The lowest BCUT2D eigenvalue weighted by molar-refractivity contribution is 0.180. The van der Waals surface area contributed by atoms with Crippen molar-refractivity contribution < 1.29 is 9.84 Å². The van der Waals surface area contributed by atoms with Crippen LogP contribution in [0.4, 0.5) is 0 Å². The quantitative estimate of drug-likeness (QED) is 0.293. The SMILES string of the molecule is CCNC(=NCC(C)c1ccc(C)cc1)NCC(O)c1cccc(OC)c1.I. The summed E-state index contributed by atoms with van der Waals surface area (Å²) >= 11 is 0. The number of benzene rings is 2. The van der Waals surface area contributed by atoms with Crippen LogP contribution in [0.3, 0.4) is 0 Å². The van der Waals surface area contributed by atoms with E-state index >= 15 is 0 Å². The number of aryl methyl sites for hydroxylation is 1. The molecule has 0 radical (unpaired) electrons. The summed E-state index contributed by atoms with van der Waals surface area (Å²) in [5, 5.41) is 16.9. The van der Waals surface area contributed by atoms with Gasteiger partial charge in [-0.2, -0.15) is 0 Å². The molecule has 5 nitrogen and oxygen atoms in total. The van der Waals surface area contributed by atoms with Crippen LogP contribution in [0, 0.1) is 6.92 Å². The fourth-order valence-corrected chi connectivity index (χ4v) is 2.73. The number of ether oxygens (including phenoxy) is 1. The minimum atomic E-state index is -0.640. The number of methoxy groups -OCH3 is 1. The average Bonchev–Trinajstić information content (AvgIpc) is 2.70. The van der Waals surface area contributed by atoms with Crippen molar-refractivity contribution in [1.29, 1.82) is 0 Å². The van der Waals surface area contributed by atoms with E-state index in [9.17, 15) is 5.11 Å². The summed E-state index contributed by atoms with van der Waals surface area (Å²) < 4.78 is 5.22. The zero-order chi connectivity index (χ0) is 19.6. The Morgan fingerprint density at radius 1 is 1.11 bits per heavy atom. The van der Waals surface area contributed by atoms with Gasteiger partial charge in [0.1, 0.15) is 5.75 Å².